The van der Waals surface area contributed by atoms with Crippen LogP contribution in [0.5, 0.6) is 5.75 Å². The largest absolute Gasteiger partial charge is 0.489 e. The van der Waals surface area contributed by atoms with Crippen molar-refractivity contribution in [1.82, 2.24) is 0 Å². The van der Waals surface area contributed by atoms with Crippen LogP contribution in [-0.2, 0) is 0 Å². The number of ether oxygens (including phenoxy) is 1. The number of anilines is 3. The van der Waals surface area contributed by atoms with Gasteiger partial charge in [-0.15, -0.1) is 0 Å². The number of rotatable bonds is 4. The normalized spacial score (nSPS) is 10.8. The molecule has 0 radical (unpaired) electrons. The second kappa shape index (κ2) is 6.41. The first-order valence-electron chi connectivity index (χ1n) is 6.34. The third kappa shape index (κ3) is 3.93. The SMILES string of the molecule is CC(C)Oc1cc(Nc2c(Cl)cc(F)cc2Cl)ccc1N. The number of benzene rings is 2. The van der Waals surface area contributed by atoms with Crippen molar-refractivity contribution in [2.24, 2.45) is 0 Å². The molecule has 2 rings (SSSR count). The molecule has 21 heavy (non-hydrogen) atoms. The first-order valence-corrected chi connectivity index (χ1v) is 7.10. The van der Waals surface area contributed by atoms with E-state index in [-0.39, 0.29) is 16.1 Å². The molecule has 3 nitrogen and oxygen atoms in total. The van der Waals surface area contributed by atoms with Crippen LogP contribution in [0.4, 0.5) is 21.5 Å². The fourth-order valence-corrected chi connectivity index (χ4v) is 2.33. The van der Waals surface area contributed by atoms with Gasteiger partial charge in [-0.1, -0.05) is 23.2 Å². The standard InChI is InChI=1S/C15H15Cl2FN2O/c1-8(2)21-14-7-10(3-4-13(14)19)20-15-11(16)5-9(18)6-12(15)17/h3-8,20H,19H2,1-2H3. The van der Waals surface area contributed by atoms with Crippen molar-refractivity contribution in [3.05, 3.63) is 46.2 Å². The smallest absolute Gasteiger partial charge is 0.144 e. The molecular weight excluding hydrogens is 314 g/mol. The molecule has 0 aliphatic carbocycles. The van der Waals surface area contributed by atoms with E-state index >= 15 is 0 Å². The maximum atomic E-state index is 13.2. The summed E-state index contributed by atoms with van der Waals surface area (Å²) >= 11 is 12.0. The molecule has 0 aliphatic rings. The number of hydrogen-bond acceptors (Lipinski definition) is 3. The molecule has 112 valence electrons. The van der Waals surface area contributed by atoms with E-state index in [1.165, 1.54) is 12.1 Å². The number of hydrogen-bond donors (Lipinski definition) is 2. The molecule has 0 unspecified atom stereocenters. The average Bonchev–Trinajstić information content (AvgIpc) is 2.37. The van der Waals surface area contributed by atoms with E-state index in [2.05, 4.69) is 5.32 Å². The highest BCUT2D eigenvalue weighted by molar-refractivity contribution is 6.39. The zero-order valence-corrected chi connectivity index (χ0v) is 13.1. The topological polar surface area (TPSA) is 47.3 Å². The maximum Gasteiger partial charge on any atom is 0.144 e. The van der Waals surface area contributed by atoms with Crippen LogP contribution < -0.4 is 15.8 Å². The molecule has 0 aromatic heterocycles. The molecule has 2 aromatic rings. The van der Waals surface area contributed by atoms with Gasteiger partial charge in [-0.25, -0.2) is 4.39 Å². The van der Waals surface area contributed by atoms with Crippen LogP contribution in [0.1, 0.15) is 13.8 Å². The van der Waals surface area contributed by atoms with E-state index in [4.69, 9.17) is 33.7 Å². The Bertz CT molecular complexity index is 639. The molecule has 0 amide bonds. The molecule has 0 heterocycles. The van der Waals surface area contributed by atoms with E-state index in [0.29, 0.717) is 22.8 Å². The first-order chi connectivity index (χ1) is 9.86. The second-order valence-electron chi connectivity index (χ2n) is 4.79. The van der Waals surface area contributed by atoms with E-state index in [9.17, 15) is 4.39 Å². The summed E-state index contributed by atoms with van der Waals surface area (Å²) in [5.74, 6) is 0.0704. The summed E-state index contributed by atoms with van der Waals surface area (Å²) < 4.78 is 18.8. The van der Waals surface area contributed by atoms with Crippen molar-refractivity contribution in [3.63, 3.8) is 0 Å². The lowest BCUT2D eigenvalue weighted by Gasteiger charge is -2.15. The average molecular weight is 329 g/mol. The summed E-state index contributed by atoms with van der Waals surface area (Å²) in [4.78, 5) is 0. The molecule has 0 aliphatic heterocycles. The van der Waals surface area contributed by atoms with Gasteiger partial charge in [0.25, 0.3) is 0 Å². The molecule has 2 aromatic carbocycles. The highest BCUT2D eigenvalue weighted by atomic mass is 35.5. The van der Waals surface area contributed by atoms with Gasteiger partial charge in [0, 0.05) is 11.8 Å². The molecule has 3 N–H and O–H groups in total. The molecule has 0 bridgehead atoms. The van der Waals surface area contributed by atoms with Gasteiger partial charge in [-0.3, -0.25) is 0 Å². The quantitative estimate of drug-likeness (QED) is 0.754. The number of nitrogens with two attached hydrogens (primary N) is 1. The fourth-order valence-electron chi connectivity index (χ4n) is 1.77. The van der Waals surface area contributed by atoms with Gasteiger partial charge in [-0.05, 0) is 38.1 Å². The van der Waals surface area contributed by atoms with Gasteiger partial charge in [0.2, 0.25) is 0 Å². The third-order valence-electron chi connectivity index (χ3n) is 2.65. The minimum absolute atomic E-state index is 0.000507. The maximum absolute atomic E-state index is 13.2. The lowest BCUT2D eigenvalue weighted by atomic mass is 10.2. The molecular formula is C15H15Cl2FN2O. The predicted molar refractivity (Wildman–Crippen MR) is 86.3 cm³/mol. The Kier molecular flexibility index (Phi) is 4.80. The zero-order chi connectivity index (χ0) is 15.6. The molecule has 0 saturated carbocycles. The minimum atomic E-state index is -0.489. The van der Waals surface area contributed by atoms with Gasteiger partial charge in [0.1, 0.15) is 11.6 Å². The fraction of sp³-hybridized carbons (Fsp3) is 0.200. The van der Waals surface area contributed by atoms with E-state index in [1.807, 2.05) is 13.8 Å². The molecule has 0 atom stereocenters. The Morgan fingerprint density at radius 2 is 1.76 bits per heavy atom. The van der Waals surface area contributed by atoms with E-state index in [1.54, 1.807) is 18.2 Å². The summed E-state index contributed by atoms with van der Waals surface area (Å²) in [6.45, 7) is 3.82. The molecule has 0 saturated heterocycles. The summed E-state index contributed by atoms with van der Waals surface area (Å²) in [6, 6.07) is 7.60. The monoisotopic (exact) mass is 328 g/mol. The van der Waals surface area contributed by atoms with Crippen LogP contribution in [0.2, 0.25) is 10.0 Å². The summed E-state index contributed by atoms with van der Waals surface area (Å²) in [6.07, 6.45) is 0.000507. The first kappa shape index (κ1) is 15.7. The van der Waals surface area contributed by atoms with Crippen LogP contribution >= 0.6 is 23.2 Å². The highest BCUT2D eigenvalue weighted by Crippen LogP contribution is 2.35. The van der Waals surface area contributed by atoms with Crippen molar-refractivity contribution < 1.29 is 9.13 Å². The Morgan fingerprint density at radius 1 is 1.14 bits per heavy atom. The van der Waals surface area contributed by atoms with Crippen molar-refractivity contribution in [2.75, 3.05) is 11.1 Å². The number of nitrogens with one attached hydrogen (secondary N) is 1. The Labute approximate surface area is 132 Å². The van der Waals surface area contributed by atoms with Crippen LogP contribution in [0.15, 0.2) is 30.3 Å². The summed E-state index contributed by atoms with van der Waals surface area (Å²) in [5.41, 5.74) is 7.51. The lowest BCUT2D eigenvalue weighted by molar-refractivity contribution is 0.244. The van der Waals surface area contributed by atoms with Crippen molar-refractivity contribution >= 4 is 40.3 Å². The van der Waals surface area contributed by atoms with Crippen molar-refractivity contribution in [1.29, 1.82) is 0 Å². The summed E-state index contributed by atoms with van der Waals surface area (Å²) in [5, 5.41) is 3.44. The highest BCUT2D eigenvalue weighted by Gasteiger charge is 2.10. The van der Waals surface area contributed by atoms with Crippen molar-refractivity contribution in [2.45, 2.75) is 20.0 Å². The van der Waals surface area contributed by atoms with E-state index < -0.39 is 5.82 Å². The van der Waals surface area contributed by atoms with Gasteiger partial charge < -0.3 is 15.8 Å². The lowest BCUT2D eigenvalue weighted by Crippen LogP contribution is -2.07. The van der Waals surface area contributed by atoms with E-state index in [0.717, 1.165) is 0 Å². The van der Waals surface area contributed by atoms with Crippen LogP contribution in [0.3, 0.4) is 0 Å². The minimum Gasteiger partial charge on any atom is -0.489 e. The van der Waals surface area contributed by atoms with Gasteiger partial charge >= 0.3 is 0 Å². The van der Waals surface area contributed by atoms with Crippen LogP contribution in [0, 0.1) is 5.82 Å². The van der Waals surface area contributed by atoms with Crippen LogP contribution in [0.25, 0.3) is 0 Å². The zero-order valence-electron chi connectivity index (χ0n) is 11.6. The Hall–Kier alpha value is -1.65. The predicted octanol–water partition coefficient (Wildman–Crippen LogP) is 5.25. The number of nitrogen functional groups attached to an aromatic ring is 1. The third-order valence-corrected chi connectivity index (χ3v) is 3.25. The van der Waals surface area contributed by atoms with Gasteiger partial charge in [0.05, 0.1) is 27.5 Å². The Morgan fingerprint density at radius 3 is 2.33 bits per heavy atom. The Balaban J connectivity index is 2.32. The van der Waals surface area contributed by atoms with Crippen molar-refractivity contribution in [3.8, 4) is 5.75 Å². The van der Waals surface area contributed by atoms with Crippen LogP contribution in [-0.4, -0.2) is 6.10 Å². The molecule has 0 spiro atoms. The molecule has 0 fully saturated rings. The molecule has 6 heteroatoms. The van der Waals surface area contributed by atoms with Gasteiger partial charge in [-0.2, -0.15) is 0 Å². The second-order valence-corrected chi connectivity index (χ2v) is 5.60. The van der Waals surface area contributed by atoms with Gasteiger partial charge in [0.15, 0.2) is 0 Å². The summed E-state index contributed by atoms with van der Waals surface area (Å²) in [7, 11) is 0. The number of halogens is 3.